The van der Waals surface area contributed by atoms with E-state index in [0.717, 1.165) is 12.8 Å². The van der Waals surface area contributed by atoms with Crippen LogP contribution < -0.4 is 5.32 Å². The van der Waals surface area contributed by atoms with E-state index in [0.29, 0.717) is 19.5 Å². The number of nitrogens with zero attached hydrogens (tertiary/aromatic N) is 1. The lowest BCUT2D eigenvalue weighted by Crippen LogP contribution is -2.62. The first kappa shape index (κ1) is 15.0. The van der Waals surface area contributed by atoms with Crippen LogP contribution in [-0.2, 0) is 9.59 Å². The van der Waals surface area contributed by atoms with Crippen molar-refractivity contribution in [3.8, 4) is 0 Å². The minimum atomic E-state index is -1.30. The SMILES string of the molecule is CC(C)(C)C(C)(O)C(NC=O)C(=O)N1CCCC1. The first-order valence-corrected chi connectivity index (χ1v) is 6.42. The van der Waals surface area contributed by atoms with Gasteiger partial charge >= 0.3 is 0 Å². The number of carbonyl (C=O) groups excluding carboxylic acids is 2. The summed E-state index contributed by atoms with van der Waals surface area (Å²) in [5.74, 6) is -0.195. The molecule has 2 N–H and O–H groups in total. The van der Waals surface area contributed by atoms with E-state index in [4.69, 9.17) is 0 Å². The third kappa shape index (κ3) is 2.83. The molecule has 0 saturated carbocycles. The van der Waals surface area contributed by atoms with E-state index < -0.39 is 17.1 Å². The summed E-state index contributed by atoms with van der Waals surface area (Å²) in [7, 11) is 0. The predicted molar refractivity (Wildman–Crippen MR) is 68.9 cm³/mol. The summed E-state index contributed by atoms with van der Waals surface area (Å²) in [6, 6.07) is -0.895. The molecular formula is C13H24N2O3. The van der Waals surface area contributed by atoms with E-state index in [-0.39, 0.29) is 5.91 Å². The highest BCUT2D eigenvalue weighted by Gasteiger charge is 2.47. The molecule has 0 bridgehead atoms. The Labute approximate surface area is 109 Å². The lowest BCUT2D eigenvalue weighted by Gasteiger charge is -2.43. The van der Waals surface area contributed by atoms with Crippen LogP contribution >= 0.6 is 0 Å². The minimum Gasteiger partial charge on any atom is -0.387 e. The number of rotatable bonds is 4. The highest BCUT2D eigenvalue weighted by molar-refractivity contribution is 5.85. The quantitative estimate of drug-likeness (QED) is 0.721. The molecule has 2 unspecified atom stereocenters. The van der Waals surface area contributed by atoms with Crippen molar-refractivity contribution in [2.45, 2.75) is 52.2 Å². The Morgan fingerprint density at radius 1 is 1.28 bits per heavy atom. The maximum absolute atomic E-state index is 12.4. The van der Waals surface area contributed by atoms with E-state index in [1.165, 1.54) is 0 Å². The van der Waals surface area contributed by atoms with Gasteiger partial charge in [0.1, 0.15) is 6.04 Å². The highest BCUT2D eigenvalue weighted by Crippen LogP contribution is 2.33. The summed E-state index contributed by atoms with van der Waals surface area (Å²) in [5, 5.41) is 13.1. The number of nitrogens with one attached hydrogen (secondary N) is 1. The monoisotopic (exact) mass is 256 g/mol. The van der Waals surface area contributed by atoms with Crippen molar-refractivity contribution in [1.29, 1.82) is 0 Å². The van der Waals surface area contributed by atoms with Crippen molar-refractivity contribution in [2.75, 3.05) is 13.1 Å². The van der Waals surface area contributed by atoms with Gasteiger partial charge in [-0.1, -0.05) is 20.8 Å². The minimum absolute atomic E-state index is 0.195. The zero-order valence-electron chi connectivity index (χ0n) is 11.7. The third-order valence-corrected chi connectivity index (χ3v) is 3.98. The maximum atomic E-state index is 12.4. The number of hydrogen-bond acceptors (Lipinski definition) is 3. The molecule has 0 aromatic heterocycles. The number of amides is 2. The van der Waals surface area contributed by atoms with E-state index in [9.17, 15) is 14.7 Å². The Kier molecular flexibility index (Phi) is 4.37. The Hall–Kier alpha value is -1.10. The number of aliphatic hydroxyl groups is 1. The molecule has 104 valence electrons. The summed E-state index contributed by atoms with van der Waals surface area (Å²) in [6.07, 6.45) is 2.45. The first-order valence-electron chi connectivity index (χ1n) is 6.42. The summed E-state index contributed by atoms with van der Waals surface area (Å²) in [4.78, 5) is 24.8. The van der Waals surface area contributed by atoms with E-state index in [1.54, 1.807) is 11.8 Å². The van der Waals surface area contributed by atoms with Gasteiger partial charge in [-0.15, -0.1) is 0 Å². The molecule has 0 aliphatic carbocycles. The van der Waals surface area contributed by atoms with E-state index in [2.05, 4.69) is 5.32 Å². The smallest absolute Gasteiger partial charge is 0.248 e. The molecule has 1 fully saturated rings. The van der Waals surface area contributed by atoms with Crippen LogP contribution in [0.5, 0.6) is 0 Å². The van der Waals surface area contributed by atoms with Crippen LogP contribution in [0.3, 0.4) is 0 Å². The van der Waals surface area contributed by atoms with Gasteiger partial charge < -0.3 is 15.3 Å². The second-order valence-electron chi connectivity index (χ2n) is 6.15. The second-order valence-corrected chi connectivity index (χ2v) is 6.15. The lowest BCUT2D eigenvalue weighted by atomic mass is 9.72. The number of carbonyl (C=O) groups is 2. The van der Waals surface area contributed by atoms with Gasteiger partial charge in [-0.05, 0) is 25.2 Å². The molecule has 2 atom stereocenters. The van der Waals surface area contributed by atoms with Crippen LogP contribution in [0.4, 0.5) is 0 Å². The summed E-state index contributed by atoms with van der Waals surface area (Å²) >= 11 is 0. The fraction of sp³-hybridized carbons (Fsp3) is 0.846. The first-order chi connectivity index (χ1) is 8.21. The summed E-state index contributed by atoms with van der Waals surface area (Å²) in [5.41, 5.74) is -1.81. The molecule has 18 heavy (non-hydrogen) atoms. The van der Waals surface area contributed by atoms with Crippen molar-refractivity contribution in [3.63, 3.8) is 0 Å². The van der Waals surface area contributed by atoms with Gasteiger partial charge in [0.25, 0.3) is 0 Å². The largest absolute Gasteiger partial charge is 0.387 e. The molecule has 1 saturated heterocycles. The number of hydrogen-bond donors (Lipinski definition) is 2. The molecule has 1 aliphatic rings. The van der Waals surface area contributed by atoms with Crippen LogP contribution in [-0.4, -0.2) is 47.1 Å². The Balaban J connectivity index is 2.94. The van der Waals surface area contributed by atoms with Crippen LogP contribution in [0.1, 0.15) is 40.5 Å². The highest BCUT2D eigenvalue weighted by atomic mass is 16.3. The molecule has 5 nitrogen and oxygen atoms in total. The zero-order valence-corrected chi connectivity index (χ0v) is 11.7. The third-order valence-electron chi connectivity index (χ3n) is 3.98. The van der Waals surface area contributed by atoms with Gasteiger partial charge in [-0.25, -0.2) is 0 Å². The van der Waals surface area contributed by atoms with Crippen molar-refractivity contribution >= 4 is 12.3 Å². The van der Waals surface area contributed by atoms with Crippen molar-refractivity contribution in [2.24, 2.45) is 5.41 Å². The maximum Gasteiger partial charge on any atom is 0.248 e. The molecule has 0 spiro atoms. The van der Waals surface area contributed by atoms with Crippen LogP contribution in [0, 0.1) is 5.41 Å². The van der Waals surface area contributed by atoms with E-state index in [1.807, 2.05) is 20.8 Å². The molecule has 1 heterocycles. The molecule has 1 rings (SSSR count). The molecule has 1 aliphatic heterocycles. The predicted octanol–water partition coefficient (Wildman–Crippen LogP) is 0.520. The average Bonchev–Trinajstić information content (AvgIpc) is 2.76. The second kappa shape index (κ2) is 5.26. The molecule has 0 aromatic rings. The molecule has 5 heteroatoms. The van der Waals surface area contributed by atoms with Crippen LogP contribution in [0.25, 0.3) is 0 Å². The zero-order chi connectivity index (χ0) is 14.0. The van der Waals surface area contributed by atoms with Crippen molar-refractivity contribution in [3.05, 3.63) is 0 Å². The fourth-order valence-corrected chi connectivity index (χ4v) is 2.10. The summed E-state index contributed by atoms with van der Waals surface area (Å²) in [6.45, 7) is 8.56. The van der Waals surface area contributed by atoms with E-state index >= 15 is 0 Å². The molecule has 2 amide bonds. The molecular weight excluding hydrogens is 232 g/mol. The normalized spacial score (nSPS) is 21.3. The Bertz CT molecular complexity index is 315. The fourth-order valence-electron chi connectivity index (χ4n) is 2.10. The lowest BCUT2D eigenvalue weighted by molar-refractivity contribution is -0.148. The summed E-state index contributed by atoms with van der Waals surface area (Å²) < 4.78 is 0. The standard InChI is InChI=1S/C13H24N2O3/c1-12(2,3)13(4,18)10(14-9-16)11(17)15-7-5-6-8-15/h9-10,18H,5-8H2,1-4H3,(H,14,16). The van der Waals surface area contributed by atoms with Gasteiger partial charge in [0.15, 0.2) is 0 Å². The number of likely N-dealkylation sites (tertiary alicyclic amines) is 1. The van der Waals surface area contributed by atoms with Gasteiger partial charge in [-0.2, -0.15) is 0 Å². The van der Waals surface area contributed by atoms with Crippen LogP contribution in [0.2, 0.25) is 0 Å². The Morgan fingerprint density at radius 3 is 2.17 bits per heavy atom. The van der Waals surface area contributed by atoms with Gasteiger partial charge in [0.05, 0.1) is 5.60 Å². The van der Waals surface area contributed by atoms with Gasteiger partial charge in [0.2, 0.25) is 12.3 Å². The topological polar surface area (TPSA) is 69.6 Å². The van der Waals surface area contributed by atoms with Crippen molar-refractivity contribution in [1.82, 2.24) is 10.2 Å². The molecule has 0 aromatic carbocycles. The van der Waals surface area contributed by atoms with Crippen molar-refractivity contribution < 1.29 is 14.7 Å². The average molecular weight is 256 g/mol. The van der Waals surface area contributed by atoms with Gasteiger partial charge in [-0.3, -0.25) is 9.59 Å². The Morgan fingerprint density at radius 2 is 1.78 bits per heavy atom. The van der Waals surface area contributed by atoms with Crippen LogP contribution in [0.15, 0.2) is 0 Å². The molecule has 0 radical (unpaired) electrons. The van der Waals surface area contributed by atoms with Gasteiger partial charge in [0, 0.05) is 13.1 Å².